The van der Waals surface area contributed by atoms with Crippen LogP contribution in [0.4, 0.5) is 0 Å². The van der Waals surface area contributed by atoms with E-state index in [4.69, 9.17) is 4.74 Å². The summed E-state index contributed by atoms with van der Waals surface area (Å²) in [5.74, 6) is 0.826. The predicted octanol–water partition coefficient (Wildman–Crippen LogP) is 3.59. The van der Waals surface area contributed by atoms with E-state index >= 15 is 0 Å². The van der Waals surface area contributed by atoms with E-state index in [0.29, 0.717) is 35.1 Å². The number of hydrogen-bond acceptors (Lipinski definition) is 5. The molecule has 1 aromatic carbocycles. The van der Waals surface area contributed by atoms with Crippen LogP contribution in [0.3, 0.4) is 0 Å². The minimum absolute atomic E-state index is 0.0148. The van der Waals surface area contributed by atoms with E-state index in [-0.39, 0.29) is 17.2 Å². The average molecular weight is 468 g/mol. The Kier molecular flexibility index (Phi) is 7.93. The number of halogens is 1. The van der Waals surface area contributed by atoms with Crippen molar-refractivity contribution >= 4 is 44.5 Å². The Hall–Kier alpha value is -1.38. The van der Waals surface area contributed by atoms with Crippen LogP contribution in [0.5, 0.6) is 0 Å². The number of nitrogens with zero attached hydrogens (tertiary/aromatic N) is 2. The lowest BCUT2D eigenvalue weighted by Gasteiger charge is -2.21. The van der Waals surface area contributed by atoms with Crippen molar-refractivity contribution in [1.82, 2.24) is 14.9 Å². The van der Waals surface area contributed by atoms with E-state index in [1.54, 1.807) is 17.7 Å². The summed E-state index contributed by atoms with van der Waals surface area (Å²) >= 11 is 4.70. The summed E-state index contributed by atoms with van der Waals surface area (Å²) < 4.78 is 7.57. The molecule has 1 heterocycles. The van der Waals surface area contributed by atoms with Crippen LogP contribution >= 0.6 is 27.7 Å². The third-order valence-corrected chi connectivity index (χ3v) is 6.51. The second-order valence-corrected chi connectivity index (χ2v) is 8.96. The highest BCUT2D eigenvalue weighted by Crippen LogP contribution is 2.23. The van der Waals surface area contributed by atoms with Gasteiger partial charge in [-0.3, -0.25) is 14.2 Å². The van der Waals surface area contributed by atoms with Gasteiger partial charge < -0.3 is 10.1 Å². The fraction of sp³-hybridized carbons (Fsp3) is 0.550. The highest BCUT2D eigenvalue weighted by atomic mass is 79.9. The first-order valence-electron chi connectivity index (χ1n) is 9.67. The van der Waals surface area contributed by atoms with Crippen molar-refractivity contribution in [1.29, 1.82) is 0 Å². The molecule has 1 aromatic heterocycles. The number of ether oxygens (including phenoxy) is 1. The van der Waals surface area contributed by atoms with Crippen LogP contribution < -0.4 is 10.9 Å². The molecule has 1 aliphatic rings. The van der Waals surface area contributed by atoms with Crippen molar-refractivity contribution in [2.75, 3.05) is 26.0 Å². The minimum Gasteiger partial charge on any atom is -0.383 e. The molecule has 6 nitrogen and oxygen atoms in total. The molecule has 3 rings (SSSR count). The molecule has 1 fully saturated rings. The highest BCUT2D eigenvalue weighted by molar-refractivity contribution is 9.10. The number of hydrogen-bond donors (Lipinski definition) is 1. The SMILES string of the molecule is COCCn1c(SCC(=O)NCC2CCCCC2)nc2ccc(Br)cc2c1=O. The lowest BCUT2D eigenvalue weighted by molar-refractivity contribution is -0.118. The first-order valence-corrected chi connectivity index (χ1v) is 11.4. The molecule has 1 N–H and O–H groups in total. The van der Waals surface area contributed by atoms with Crippen molar-refractivity contribution in [3.63, 3.8) is 0 Å². The van der Waals surface area contributed by atoms with E-state index in [9.17, 15) is 9.59 Å². The van der Waals surface area contributed by atoms with Gasteiger partial charge in [-0.1, -0.05) is 47.0 Å². The third-order valence-electron chi connectivity index (χ3n) is 5.05. The van der Waals surface area contributed by atoms with Crippen LogP contribution in [0.15, 0.2) is 32.6 Å². The number of nitrogens with one attached hydrogen (secondary N) is 1. The van der Waals surface area contributed by atoms with Crippen molar-refractivity contribution in [2.45, 2.75) is 43.8 Å². The maximum absolute atomic E-state index is 12.9. The molecule has 1 amide bonds. The van der Waals surface area contributed by atoms with Gasteiger partial charge in [-0.05, 0) is 37.0 Å². The van der Waals surface area contributed by atoms with E-state index in [0.717, 1.165) is 11.0 Å². The maximum Gasteiger partial charge on any atom is 0.262 e. The van der Waals surface area contributed by atoms with Gasteiger partial charge in [0, 0.05) is 18.1 Å². The molecule has 0 atom stereocenters. The number of fused-ring (bicyclic) bond motifs is 1. The van der Waals surface area contributed by atoms with Gasteiger partial charge in [0.25, 0.3) is 5.56 Å². The van der Waals surface area contributed by atoms with Crippen LogP contribution in [0.2, 0.25) is 0 Å². The molecule has 0 radical (unpaired) electrons. The zero-order valence-electron chi connectivity index (χ0n) is 16.1. The van der Waals surface area contributed by atoms with Crippen LogP contribution in [-0.2, 0) is 16.1 Å². The lowest BCUT2D eigenvalue weighted by Crippen LogP contribution is -2.32. The van der Waals surface area contributed by atoms with Gasteiger partial charge in [-0.25, -0.2) is 4.98 Å². The minimum atomic E-state index is -0.117. The van der Waals surface area contributed by atoms with Gasteiger partial charge in [-0.15, -0.1) is 0 Å². The summed E-state index contributed by atoms with van der Waals surface area (Å²) in [5.41, 5.74) is 0.514. The molecular formula is C20H26BrN3O3S. The zero-order chi connectivity index (χ0) is 19.9. The second kappa shape index (κ2) is 10.4. The van der Waals surface area contributed by atoms with Crippen molar-refractivity contribution in [3.8, 4) is 0 Å². The fourth-order valence-electron chi connectivity index (χ4n) is 3.49. The number of amides is 1. The van der Waals surface area contributed by atoms with E-state index in [1.807, 2.05) is 12.1 Å². The zero-order valence-corrected chi connectivity index (χ0v) is 18.5. The molecule has 0 unspecified atom stereocenters. The predicted molar refractivity (Wildman–Crippen MR) is 116 cm³/mol. The number of methoxy groups -OCH3 is 1. The Morgan fingerprint density at radius 1 is 1.36 bits per heavy atom. The summed E-state index contributed by atoms with van der Waals surface area (Å²) in [7, 11) is 1.60. The molecule has 28 heavy (non-hydrogen) atoms. The first kappa shape index (κ1) is 21.3. The molecule has 0 spiro atoms. The van der Waals surface area contributed by atoms with E-state index in [1.165, 1.54) is 43.9 Å². The average Bonchev–Trinajstić information content (AvgIpc) is 2.71. The van der Waals surface area contributed by atoms with Crippen LogP contribution in [0.1, 0.15) is 32.1 Å². The quantitative estimate of drug-likeness (QED) is 0.474. The van der Waals surface area contributed by atoms with Crippen LogP contribution in [0.25, 0.3) is 10.9 Å². The molecule has 152 valence electrons. The van der Waals surface area contributed by atoms with Gasteiger partial charge in [0.2, 0.25) is 5.91 Å². The van der Waals surface area contributed by atoms with E-state index < -0.39 is 0 Å². The lowest BCUT2D eigenvalue weighted by atomic mass is 9.89. The number of benzene rings is 1. The Balaban J connectivity index is 1.70. The standard InChI is InChI=1S/C20H26BrN3O3S/c1-27-10-9-24-19(26)16-11-15(21)7-8-17(16)23-20(24)28-13-18(25)22-12-14-5-3-2-4-6-14/h7-8,11,14H,2-6,9-10,12-13H2,1H3,(H,22,25). The molecular weight excluding hydrogens is 442 g/mol. The smallest absolute Gasteiger partial charge is 0.262 e. The van der Waals surface area contributed by atoms with Crippen molar-refractivity contribution < 1.29 is 9.53 Å². The molecule has 8 heteroatoms. The maximum atomic E-state index is 12.9. The summed E-state index contributed by atoms with van der Waals surface area (Å²) in [6.45, 7) is 1.55. The van der Waals surface area contributed by atoms with Gasteiger partial charge >= 0.3 is 0 Å². The largest absolute Gasteiger partial charge is 0.383 e. The Morgan fingerprint density at radius 3 is 2.89 bits per heavy atom. The van der Waals surface area contributed by atoms with E-state index in [2.05, 4.69) is 26.2 Å². The topological polar surface area (TPSA) is 73.2 Å². The Bertz CT molecular complexity index is 881. The number of rotatable bonds is 8. The second-order valence-electron chi connectivity index (χ2n) is 7.10. The van der Waals surface area contributed by atoms with Crippen LogP contribution in [0, 0.1) is 5.92 Å². The number of aromatic nitrogens is 2. The fourth-order valence-corrected chi connectivity index (χ4v) is 4.71. The van der Waals surface area contributed by atoms with Crippen LogP contribution in [-0.4, -0.2) is 41.5 Å². The monoisotopic (exact) mass is 467 g/mol. The molecule has 2 aromatic rings. The summed E-state index contributed by atoms with van der Waals surface area (Å²) in [4.78, 5) is 29.8. The number of carbonyl (C=O) groups excluding carboxylic acids is 1. The van der Waals surface area contributed by atoms with Gasteiger partial charge in [-0.2, -0.15) is 0 Å². The van der Waals surface area contributed by atoms with Gasteiger partial charge in [0.05, 0.1) is 29.8 Å². The van der Waals surface area contributed by atoms with Crippen molar-refractivity contribution in [3.05, 3.63) is 33.0 Å². The Labute approximate surface area is 177 Å². The third kappa shape index (κ3) is 5.58. The summed E-state index contributed by atoms with van der Waals surface area (Å²) in [6.07, 6.45) is 6.23. The molecule has 0 aliphatic heterocycles. The molecule has 1 aliphatic carbocycles. The summed E-state index contributed by atoms with van der Waals surface area (Å²) in [5, 5.41) is 4.14. The first-order chi connectivity index (χ1) is 13.6. The normalized spacial score (nSPS) is 15.1. The molecule has 1 saturated carbocycles. The summed E-state index contributed by atoms with van der Waals surface area (Å²) in [6, 6.07) is 5.45. The Morgan fingerprint density at radius 2 is 2.14 bits per heavy atom. The van der Waals surface area contributed by atoms with Crippen molar-refractivity contribution in [2.24, 2.45) is 5.92 Å². The number of carbonyl (C=O) groups is 1. The molecule has 0 saturated heterocycles. The van der Waals surface area contributed by atoms with Gasteiger partial charge in [0.15, 0.2) is 5.16 Å². The highest BCUT2D eigenvalue weighted by Gasteiger charge is 2.16. The number of thioether (sulfide) groups is 1. The van der Waals surface area contributed by atoms with Gasteiger partial charge in [0.1, 0.15) is 0 Å². The molecule has 0 bridgehead atoms.